The zero-order valence-electron chi connectivity index (χ0n) is 11.7. The van der Waals surface area contributed by atoms with Crippen molar-refractivity contribution < 1.29 is 9.84 Å². The van der Waals surface area contributed by atoms with Crippen LogP contribution in [0.25, 0.3) is 0 Å². The van der Waals surface area contributed by atoms with Crippen molar-refractivity contribution in [2.75, 3.05) is 34.3 Å². The van der Waals surface area contributed by atoms with Crippen molar-refractivity contribution in [3.8, 4) is 5.75 Å². The Kier molecular flexibility index (Phi) is 6.12. The van der Waals surface area contributed by atoms with Gasteiger partial charge in [0.2, 0.25) is 0 Å². The summed E-state index contributed by atoms with van der Waals surface area (Å²) in [7, 11) is 5.57. The molecule has 1 unspecified atom stereocenters. The fourth-order valence-corrected chi connectivity index (χ4v) is 1.83. The van der Waals surface area contributed by atoms with Crippen LogP contribution in [0.2, 0.25) is 0 Å². The van der Waals surface area contributed by atoms with E-state index in [0.717, 1.165) is 11.3 Å². The number of nitrogens with one attached hydrogen (secondary N) is 1. The molecule has 1 aromatic carbocycles. The number of hydrogen-bond donors (Lipinski definition) is 2. The third kappa shape index (κ3) is 5.04. The number of nitrogens with zero attached hydrogens (tertiary/aromatic N) is 1. The molecule has 1 rings (SSSR count). The minimum atomic E-state index is -0.354. The number of aliphatic hydroxyl groups excluding tert-OH is 1. The monoisotopic (exact) mass is 252 g/mol. The summed E-state index contributed by atoms with van der Waals surface area (Å²) in [6, 6.07) is 8.16. The van der Waals surface area contributed by atoms with E-state index in [2.05, 4.69) is 18.3 Å². The van der Waals surface area contributed by atoms with E-state index in [9.17, 15) is 5.11 Å². The maximum absolute atomic E-state index is 9.79. The van der Waals surface area contributed by atoms with Crippen LogP contribution in [0.5, 0.6) is 5.75 Å². The lowest BCUT2D eigenvalue weighted by molar-refractivity contribution is 0.132. The van der Waals surface area contributed by atoms with Crippen molar-refractivity contribution >= 4 is 0 Å². The topological polar surface area (TPSA) is 44.7 Å². The number of benzene rings is 1. The molecule has 1 aromatic rings. The van der Waals surface area contributed by atoms with Gasteiger partial charge in [0.25, 0.3) is 0 Å². The Morgan fingerprint density at radius 1 is 1.39 bits per heavy atom. The van der Waals surface area contributed by atoms with Crippen LogP contribution < -0.4 is 10.1 Å². The third-order valence-electron chi connectivity index (χ3n) is 2.83. The van der Waals surface area contributed by atoms with Crippen LogP contribution in [0.15, 0.2) is 24.3 Å². The molecule has 0 saturated heterocycles. The van der Waals surface area contributed by atoms with Crippen molar-refractivity contribution in [2.24, 2.45) is 0 Å². The Morgan fingerprint density at radius 2 is 2.11 bits per heavy atom. The van der Waals surface area contributed by atoms with Crippen molar-refractivity contribution in [1.29, 1.82) is 0 Å². The van der Waals surface area contributed by atoms with Gasteiger partial charge in [-0.2, -0.15) is 0 Å². The minimum absolute atomic E-state index is 0.192. The van der Waals surface area contributed by atoms with Crippen LogP contribution in [-0.2, 0) is 0 Å². The highest BCUT2D eigenvalue weighted by Crippen LogP contribution is 2.18. The standard InChI is InChI=1S/C14H24N2O2/c1-11(15-9-13(17)10-16(2)3)12-6-5-7-14(8-12)18-4/h5-8,11,13,15,17H,9-10H2,1-4H3/t11-,13?/m1/s1. The summed E-state index contributed by atoms with van der Waals surface area (Å²) in [6.07, 6.45) is -0.354. The van der Waals surface area contributed by atoms with E-state index in [1.807, 2.05) is 37.2 Å². The van der Waals surface area contributed by atoms with Gasteiger partial charge in [-0.15, -0.1) is 0 Å². The van der Waals surface area contributed by atoms with E-state index >= 15 is 0 Å². The first-order chi connectivity index (χ1) is 8.52. The van der Waals surface area contributed by atoms with E-state index in [1.54, 1.807) is 7.11 Å². The predicted octanol–water partition coefficient (Wildman–Crippen LogP) is 1.27. The lowest BCUT2D eigenvalue weighted by Crippen LogP contribution is -2.36. The van der Waals surface area contributed by atoms with Crippen LogP contribution in [0.1, 0.15) is 18.5 Å². The first kappa shape index (κ1) is 15.0. The molecule has 0 spiro atoms. The normalized spacial score (nSPS) is 14.6. The summed E-state index contributed by atoms with van der Waals surface area (Å²) >= 11 is 0. The van der Waals surface area contributed by atoms with Crippen LogP contribution in [-0.4, -0.2) is 50.4 Å². The molecule has 102 valence electrons. The molecule has 2 atom stereocenters. The SMILES string of the molecule is COc1cccc([C@@H](C)NCC(O)CN(C)C)c1. The van der Waals surface area contributed by atoms with Gasteiger partial charge in [-0.25, -0.2) is 0 Å². The Hall–Kier alpha value is -1.10. The summed E-state index contributed by atoms with van der Waals surface area (Å²) in [4.78, 5) is 1.97. The van der Waals surface area contributed by atoms with Gasteiger partial charge in [0.05, 0.1) is 13.2 Å². The van der Waals surface area contributed by atoms with E-state index in [4.69, 9.17) is 4.74 Å². The number of methoxy groups -OCH3 is 1. The first-order valence-electron chi connectivity index (χ1n) is 6.23. The Labute approximate surface area is 110 Å². The Bertz CT molecular complexity index is 355. The first-order valence-corrected chi connectivity index (χ1v) is 6.23. The average Bonchev–Trinajstić information content (AvgIpc) is 2.35. The van der Waals surface area contributed by atoms with E-state index in [-0.39, 0.29) is 12.1 Å². The van der Waals surface area contributed by atoms with Gasteiger partial charge in [0.1, 0.15) is 5.75 Å². The molecule has 0 aromatic heterocycles. The minimum Gasteiger partial charge on any atom is -0.497 e. The van der Waals surface area contributed by atoms with Crippen molar-refractivity contribution in [3.05, 3.63) is 29.8 Å². The number of aliphatic hydroxyl groups is 1. The number of rotatable bonds is 7. The van der Waals surface area contributed by atoms with Gasteiger partial charge < -0.3 is 20.1 Å². The van der Waals surface area contributed by atoms with Gasteiger partial charge in [0, 0.05) is 19.1 Å². The predicted molar refractivity (Wildman–Crippen MR) is 74.0 cm³/mol. The van der Waals surface area contributed by atoms with Crippen LogP contribution in [0, 0.1) is 0 Å². The van der Waals surface area contributed by atoms with Gasteiger partial charge in [-0.1, -0.05) is 12.1 Å². The van der Waals surface area contributed by atoms with Gasteiger partial charge >= 0.3 is 0 Å². The lowest BCUT2D eigenvalue weighted by Gasteiger charge is -2.20. The smallest absolute Gasteiger partial charge is 0.119 e. The van der Waals surface area contributed by atoms with Crippen LogP contribution >= 0.6 is 0 Å². The molecule has 0 amide bonds. The molecular formula is C14H24N2O2. The lowest BCUT2D eigenvalue weighted by atomic mass is 10.1. The molecule has 2 N–H and O–H groups in total. The molecule has 0 aliphatic heterocycles. The molecule has 4 nitrogen and oxygen atoms in total. The second-order valence-electron chi connectivity index (χ2n) is 4.82. The fraction of sp³-hybridized carbons (Fsp3) is 0.571. The quantitative estimate of drug-likeness (QED) is 0.767. The van der Waals surface area contributed by atoms with Crippen LogP contribution in [0.4, 0.5) is 0 Å². The van der Waals surface area contributed by atoms with E-state index in [0.29, 0.717) is 13.1 Å². The summed E-state index contributed by atoms with van der Waals surface area (Å²) in [5.41, 5.74) is 1.16. The second-order valence-corrected chi connectivity index (χ2v) is 4.82. The van der Waals surface area contributed by atoms with Crippen molar-refractivity contribution in [3.63, 3.8) is 0 Å². The molecule has 4 heteroatoms. The average molecular weight is 252 g/mol. The summed E-state index contributed by atoms with van der Waals surface area (Å²) in [5.74, 6) is 0.856. The van der Waals surface area contributed by atoms with Gasteiger partial charge in [0.15, 0.2) is 0 Å². The maximum atomic E-state index is 9.79. The molecular weight excluding hydrogens is 228 g/mol. The van der Waals surface area contributed by atoms with Crippen LogP contribution in [0.3, 0.4) is 0 Å². The highest BCUT2D eigenvalue weighted by atomic mass is 16.5. The fourth-order valence-electron chi connectivity index (χ4n) is 1.83. The Balaban J connectivity index is 2.46. The molecule has 0 radical (unpaired) electrons. The van der Waals surface area contributed by atoms with Gasteiger partial charge in [-0.3, -0.25) is 0 Å². The molecule has 0 saturated carbocycles. The van der Waals surface area contributed by atoms with Crippen molar-refractivity contribution in [2.45, 2.75) is 19.1 Å². The zero-order valence-corrected chi connectivity index (χ0v) is 11.7. The zero-order chi connectivity index (χ0) is 13.5. The summed E-state index contributed by atoms with van der Waals surface area (Å²) in [5, 5.41) is 13.1. The molecule has 0 aliphatic rings. The Morgan fingerprint density at radius 3 is 2.72 bits per heavy atom. The molecule has 18 heavy (non-hydrogen) atoms. The summed E-state index contributed by atoms with van der Waals surface area (Å²) < 4.78 is 5.20. The highest BCUT2D eigenvalue weighted by molar-refractivity contribution is 5.30. The van der Waals surface area contributed by atoms with Crippen molar-refractivity contribution in [1.82, 2.24) is 10.2 Å². The largest absolute Gasteiger partial charge is 0.497 e. The molecule has 0 bridgehead atoms. The maximum Gasteiger partial charge on any atom is 0.119 e. The third-order valence-corrected chi connectivity index (χ3v) is 2.83. The summed E-state index contributed by atoms with van der Waals surface area (Å²) in [6.45, 7) is 3.32. The van der Waals surface area contributed by atoms with E-state index in [1.165, 1.54) is 0 Å². The van der Waals surface area contributed by atoms with E-state index < -0.39 is 0 Å². The molecule has 0 heterocycles. The number of likely N-dealkylation sites (N-methyl/N-ethyl adjacent to an activating group) is 1. The number of hydrogen-bond acceptors (Lipinski definition) is 4. The molecule has 0 fully saturated rings. The molecule has 0 aliphatic carbocycles. The number of ether oxygens (including phenoxy) is 1. The highest BCUT2D eigenvalue weighted by Gasteiger charge is 2.09. The van der Waals surface area contributed by atoms with Gasteiger partial charge in [-0.05, 0) is 38.7 Å². The second kappa shape index (κ2) is 7.36.